The number of nitrogens with zero attached hydrogens (tertiary/aromatic N) is 2. The fourth-order valence-electron chi connectivity index (χ4n) is 3.04. The van der Waals surface area contributed by atoms with Gasteiger partial charge in [-0.2, -0.15) is 4.57 Å². The fourth-order valence-corrected chi connectivity index (χ4v) is 3.04. The van der Waals surface area contributed by atoms with Gasteiger partial charge in [-0.15, -0.1) is 0 Å². The molecule has 0 aliphatic carbocycles. The van der Waals surface area contributed by atoms with Gasteiger partial charge >= 0.3 is 0 Å². The van der Waals surface area contributed by atoms with Gasteiger partial charge in [0.25, 0.3) is 0 Å². The first-order chi connectivity index (χ1) is 13.1. The molecule has 0 unspecified atom stereocenters. The van der Waals surface area contributed by atoms with Crippen molar-refractivity contribution < 1.29 is 4.57 Å². The van der Waals surface area contributed by atoms with Gasteiger partial charge in [-0.25, -0.2) is 0 Å². The van der Waals surface area contributed by atoms with Gasteiger partial charge in [0.15, 0.2) is 0 Å². The number of allylic oxidation sites excluding steroid dienone is 1. The minimum absolute atomic E-state index is 0.840. The van der Waals surface area contributed by atoms with Gasteiger partial charge in [-0.1, -0.05) is 63.8 Å². The summed E-state index contributed by atoms with van der Waals surface area (Å²) < 4.78 is 2.21. The minimum atomic E-state index is 0.840. The first-order valence-corrected chi connectivity index (χ1v) is 9.46. The van der Waals surface area contributed by atoms with Gasteiger partial charge in [0.05, 0.1) is 0 Å². The smallest absolute Gasteiger partial charge is 0.234 e. The summed E-state index contributed by atoms with van der Waals surface area (Å²) in [7, 11) is 6.32. The number of fused-ring (bicyclic) bond motifs is 1. The van der Waals surface area contributed by atoms with Crippen molar-refractivity contribution in [2.75, 3.05) is 4.81 Å². The molecule has 136 valence electrons. The summed E-state index contributed by atoms with van der Waals surface area (Å²) in [5, 5.41) is 0. The van der Waals surface area contributed by atoms with E-state index >= 15 is 0 Å². The van der Waals surface area contributed by atoms with E-state index in [-0.39, 0.29) is 0 Å². The van der Waals surface area contributed by atoms with Gasteiger partial charge in [-0.05, 0) is 30.7 Å². The molecule has 27 heavy (non-hydrogen) atoms. The van der Waals surface area contributed by atoms with Crippen LogP contribution in [0.3, 0.4) is 0 Å². The third-order valence-corrected chi connectivity index (χ3v) is 4.27. The second-order valence-electron chi connectivity index (χ2n) is 6.29. The summed E-state index contributed by atoms with van der Waals surface area (Å²) in [6.07, 6.45) is 11.2. The Morgan fingerprint density at radius 1 is 1.00 bits per heavy atom. The van der Waals surface area contributed by atoms with Crippen LogP contribution in [0.25, 0.3) is 24.3 Å². The van der Waals surface area contributed by atoms with Crippen LogP contribution in [0.4, 0.5) is 5.69 Å². The van der Waals surface area contributed by atoms with Crippen LogP contribution < -0.4 is 9.38 Å². The predicted octanol–water partition coefficient (Wildman–Crippen LogP) is 5.65. The van der Waals surface area contributed by atoms with Crippen LogP contribution >= 0.6 is 0 Å². The summed E-state index contributed by atoms with van der Waals surface area (Å²) in [5.74, 6) is 0. The second-order valence-corrected chi connectivity index (χ2v) is 6.29. The first kappa shape index (κ1) is 20.5. The molecule has 1 aromatic carbocycles. The standard InChI is InChI=1S/C21H20BN2.C3H8/c1-4-16-11-13-18(23(6-3)20(16)5-2)15-19-14-12-17-9-7-8-10-21(17)24(19)22;1-3-2/h4-5,7-15H,1-2,6H2,3H3;3H2,1-2H3/q+1;. The normalized spacial score (nSPS) is 13.6. The molecule has 0 N–H and O–H groups in total. The Hall–Kier alpha value is -2.81. The largest absolute Gasteiger partial charge is 0.397 e. The van der Waals surface area contributed by atoms with Crippen LogP contribution in [0.1, 0.15) is 49.7 Å². The second kappa shape index (κ2) is 9.77. The molecule has 2 heterocycles. The Balaban J connectivity index is 0.000000817. The van der Waals surface area contributed by atoms with Gasteiger partial charge in [0.1, 0.15) is 6.54 Å². The van der Waals surface area contributed by atoms with Crippen molar-refractivity contribution in [3.05, 3.63) is 83.8 Å². The average molecular weight is 355 g/mol. The highest BCUT2D eigenvalue weighted by molar-refractivity contribution is 6.22. The monoisotopic (exact) mass is 355 g/mol. The van der Waals surface area contributed by atoms with Gasteiger partial charge in [0, 0.05) is 35.2 Å². The Labute approximate surface area is 165 Å². The molecule has 3 rings (SSSR count). The lowest BCUT2D eigenvalue weighted by Gasteiger charge is -2.26. The summed E-state index contributed by atoms with van der Waals surface area (Å²) >= 11 is 0. The van der Waals surface area contributed by atoms with Crippen LogP contribution in [0.2, 0.25) is 0 Å². The number of para-hydroxylation sites is 1. The van der Waals surface area contributed by atoms with Crippen LogP contribution in [-0.2, 0) is 6.54 Å². The molecule has 0 bridgehead atoms. The topological polar surface area (TPSA) is 7.12 Å². The Morgan fingerprint density at radius 3 is 2.33 bits per heavy atom. The maximum Gasteiger partial charge on any atom is 0.234 e. The zero-order valence-corrected chi connectivity index (χ0v) is 16.7. The maximum absolute atomic E-state index is 6.32. The highest BCUT2D eigenvalue weighted by Gasteiger charge is 2.18. The zero-order valence-electron chi connectivity index (χ0n) is 16.7. The molecule has 0 amide bonds. The summed E-state index contributed by atoms with van der Waals surface area (Å²) in [5.41, 5.74) is 6.27. The van der Waals surface area contributed by atoms with Gasteiger partial charge in [0.2, 0.25) is 19.4 Å². The van der Waals surface area contributed by atoms with E-state index in [1.54, 1.807) is 4.81 Å². The Bertz CT molecular complexity index is 878. The summed E-state index contributed by atoms with van der Waals surface area (Å²) in [6, 6.07) is 12.2. The molecule has 0 saturated heterocycles. The molecule has 3 heteroatoms. The number of rotatable bonds is 4. The van der Waals surface area contributed by atoms with E-state index in [2.05, 4.69) is 68.8 Å². The minimum Gasteiger partial charge on any atom is -0.397 e. The van der Waals surface area contributed by atoms with Crippen molar-refractivity contribution in [2.45, 2.75) is 33.7 Å². The number of hydrogen-bond acceptors (Lipinski definition) is 1. The molecule has 0 fully saturated rings. The Morgan fingerprint density at radius 2 is 1.70 bits per heavy atom. The Kier molecular flexibility index (Phi) is 7.42. The molecule has 1 aromatic heterocycles. The van der Waals surface area contributed by atoms with Crippen molar-refractivity contribution in [3.63, 3.8) is 0 Å². The summed E-state index contributed by atoms with van der Waals surface area (Å²) in [6.45, 7) is 15.0. The molecular formula is C24H28BN2+. The van der Waals surface area contributed by atoms with Crippen molar-refractivity contribution in [2.24, 2.45) is 0 Å². The van der Waals surface area contributed by atoms with Crippen LogP contribution in [0.15, 0.2) is 61.3 Å². The lowest BCUT2D eigenvalue weighted by molar-refractivity contribution is -0.697. The molecule has 1 aliphatic heterocycles. The summed E-state index contributed by atoms with van der Waals surface area (Å²) in [4.78, 5) is 1.73. The number of pyridine rings is 1. The molecule has 0 saturated carbocycles. The number of benzene rings is 1. The van der Waals surface area contributed by atoms with E-state index < -0.39 is 0 Å². The highest BCUT2D eigenvalue weighted by Crippen LogP contribution is 2.29. The average Bonchev–Trinajstić information content (AvgIpc) is 2.70. The van der Waals surface area contributed by atoms with Crippen molar-refractivity contribution >= 4 is 38.0 Å². The van der Waals surface area contributed by atoms with Gasteiger partial charge in [-0.3, -0.25) is 0 Å². The molecule has 1 aliphatic rings. The van der Waals surface area contributed by atoms with Crippen molar-refractivity contribution in [1.29, 1.82) is 0 Å². The van der Waals surface area contributed by atoms with E-state index in [1.807, 2.05) is 36.4 Å². The van der Waals surface area contributed by atoms with E-state index in [0.717, 1.165) is 40.4 Å². The van der Waals surface area contributed by atoms with Gasteiger partial charge < -0.3 is 4.81 Å². The first-order valence-electron chi connectivity index (χ1n) is 9.46. The van der Waals surface area contributed by atoms with Crippen LogP contribution in [0.5, 0.6) is 0 Å². The van der Waals surface area contributed by atoms with Crippen molar-refractivity contribution in [1.82, 2.24) is 0 Å². The molecule has 0 atom stereocenters. The molecule has 2 nitrogen and oxygen atoms in total. The SMILES string of the molecule is CCC.[B]N1/C(=C/c2ccc(C=C)c(C=C)[n+]2CC)C=Cc2ccccc21. The highest BCUT2D eigenvalue weighted by atomic mass is 15.1. The quantitative estimate of drug-likeness (QED) is 0.507. The van der Waals surface area contributed by atoms with E-state index in [9.17, 15) is 0 Å². The maximum atomic E-state index is 6.32. The zero-order chi connectivity index (χ0) is 19.8. The molecule has 0 spiro atoms. The third-order valence-electron chi connectivity index (χ3n) is 4.27. The van der Waals surface area contributed by atoms with Crippen LogP contribution in [0, 0.1) is 0 Å². The number of anilines is 1. The fraction of sp³-hybridized carbons (Fsp3) is 0.208. The third kappa shape index (κ3) is 4.49. The molecule has 2 radical (unpaired) electrons. The lowest BCUT2D eigenvalue weighted by Crippen LogP contribution is -2.40. The van der Waals surface area contributed by atoms with E-state index in [0.29, 0.717) is 0 Å². The molecule has 2 aromatic rings. The number of aromatic nitrogens is 1. The lowest BCUT2D eigenvalue weighted by atomic mass is 10.0. The van der Waals surface area contributed by atoms with Crippen molar-refractivity contribution in [3.8, 4) is 0 Å². The number of hydrogen-bond donors (Lipinski definition) is 0. The van der Waals surface area contributed by atoms with E-state index in [4.69, 9.17) is 7.98 Å². The molecular weight excluding hydrogens is 327 g/mol. The van der Waals surface area contributed by atoms with Crippen LogP contribution in [-0.4, -0.2) is 7.98 Å². The predicted molar refractivity (Wildman–Crippen MR) is 120 cm³/mol. The van der Waals surface area contributed by atoms with E-state index in [1.165, 1.54) is 6.42 Å².